The molecule has 3 rings (SSSR count). The number of nitrogens with one attached hydrogen (secondary N) is 1. The molecule has 1 aromatic heterocycles. The van der Waals surface area contributed by atoms with Gasteiger partial charge in [0.25, 0.3) is 5.91 Å². The second-order valence-corrected chi connectivity index (χ2v) is 5.93. The van der Waals surface area contributed by atoms with Crippen molar-refractivity contribution >= 4 is 21.8 Å². The van der Waals surface area contributed by atoms with Crippen LogP contribution >= 0.6 is 15.9 Å². The maximum absolute atomic E-state index is 12.2. The Kier molecular flexibility index (Phi) is 2.96. The van der Waals surface area contributed by atoms with E-state index >= 15 is 0 Å². The standard InChI is InChI=1S/C12H16BrN3O2/c1-16-5-6(13)4-8(16)12(17)15-10-9(14)7-2-3-18-11(7)10/h4-5,7,9-11H,2-3,14H2,1H3,(H,15,17). The number of hydrogen-bond acceptors (Lipinski definition) is 3. The Labute approximate surface area is 114 Å². The molecule has 1 aliphatic carbocycles. The zero-order valence-corrected chi connectivity index (χ0v) is 11.7. The van der Waals surface area contributed by atoms with Gasteiger partial charge in [-0.1, -0.05) is 0 Å². The van der Waals surface area contributed by atoms with Crippen LogP contribution in [0.2, 0.25) is 0 Å². The molecule has 0 radical (unpaired) electrons. The highest BCUT2D eigenvalue weighted by molar-refractivity contribution is 9.10. The Hall–Kier alpha value is -0.850. The molecule has 2 fully saturated rings. The fourth-order valence-electron chi connectivity index (χ4n) is 2.90. The average molecular weight is 314 g/mol. The average Bonchev–Trinajstić information content (AvgIpc) is 2.89. The van der Waals surface area contributed by atoms with E-state index in [1.807, 2.05) is 13.2 Å². The van der Waals surface area contributed by atoms with E-state index in [2.05, 4.69) is 21.2 Å². The molecule has 98 valence electrons. The first-order valence-corrected chi connectivity index (χ1v) is 6.87. The van der Waals surface area contributed by atoms with Gasteiger partial charge in [0.05, 0.1) is 12.1 Å². The third-order valence-corrected chi connectivity index (χ3v) is 4.38. The van der Waals surface area contributed by atoms with Crippen LogP contribution in [0.5, 0.6) is 0 Å². The van der Waals surface area contributed by atoms with Crippen LogP contribution in [0, 0.1) is 5.92 Å². The molecule has 2 heterocycles. The van der Waals surface area contributed by atoms with Gasteiger partial charge in [-0.05, 0) is 28.4 Å². The van der Waals surface area contributed by atoms with Gasteiger partial charge in [-0.25, -0.2) is 0 Å². The first-order valence-electron chi connectivity index (χ1n) is 6.08. The monoisotopic (exact) mass is 313 g/mol. The lowest BCUT2D eigenvalue weighted by Gasteiger charge is -2.45. The van der Waals surface area contributed by atoms with E-state index in [1.54, 1.807) is 10.6 Å². The Morgan fingerprint density at radius 3 is 3.11 bits per heavy atom. The fourth-order valence-corrected chi connectivity index (χ4v) is 3.43. The summed E-state index contributed by atoms with van der Waals surface area (Å²) in [5.41, 5.74) is 6.69. The van der Waals surface area contributed by atoms with Crippen molar-refractivity contribution in [1.82, 2.24) is 9.88 Å². The summed E-state index contributed by atoms with van der Waals surface area (Å²) in [5, 5.41) is 2.98. The van der Waals surface area contributed by atoms with Crippen molar-refractivity contribution in [1.29, 1.82) is 0 Å². The minimum Gasteiger partial charge on any atom is -0.376 e. The molecule has 2 aliphatic rings. The maximum Gasteiger partial charge on any atom is 0.268 e. The second-order valence-electron chi connectivity index (χ2n) is 5.02. The number of halogens is 1. The molecule has 3 N–H and O–H groups in total. The van der Waals surface area contributed by atoms with Crippen molar-refractivity contribution < 1.29 is 9.53 Å². The Morgan fingerprint density at radius 1 is 1.67 bits per heavy atom. The Balaban J connectivity index is 1.70. The fraction of sp³-hybridized carbons (Fsp3) is 0.583. The molecule has 0 aromatic carbocycles. The predicted octanol–water partition coefficient (Wildman–Crippen LogP) is 0.632. The molecule has 18 heavy (non-hydrogen) atoms. The number of rotatable bonds is 2. The number of carbonyl (C=O) groups is 1. The first-order chi connectivity index (χ1) is 8.58. The summed E-state index contributed by atoms with van der Waals surface area (Å²) in [6.45, 7) is 0.755. The normalized spacial score (nSPS) is 33.9. The highest BCUT2D eigenvalue weighted by atomic mass is 79.9. The molecular weight excluding hydrogens is 298 g/mol. The summed E-state index contributed by atoms with van der Waals surface area (Å²) < 4.78 is 8.28. The van der Waals surface area contributed by atoms with Gasteiger partial charge < -0.3 is 20.4 Å². The van der Waals surface area contributed by atoms with Crippen LogP contribution in [0.3, 0.4) is 0 Å². The molecule has 6 heteroatoms. The smallest absolute Gasteiger partial charge is 0.268 e. The lowest BCUT2D eigenvalue weighted by atomic mass is 9.72. The van der Waals surface area contributed by atoms with Crippen molar-refractivity contribution in [2.24, 2.45) is 18.7 Å². The van der Waals surface area contributed by atoms with Crippen LogP contribution in [-0.2, 0) is 11.8 Å². The number of ether oxygens (including phenoxy) is 1. The predicted molar refractivity (Wildman–Crippen MR) is 70.2 cm³/mol. The number of amides is 1. The van der Waals surface area contributed by atoms with Gasteiger partial charge in [-0.15, -0.1) is 0 Å². The Bertz CT molecular complexity index is 488. The van der Waals surface area contributed by atoms with E-state index in [-0.39, 0.29) is 24.1 Å². The van der Waals surface area contributed by atoms with Crippen molar-refractivity contribution in [2.45, 2.75) is 24.6 Å². The SMILES string of the molecule is Cn1cc(Br)cc1C(=O)NC1C(N)C2CCOC21. The van der Waals surface area contributed by atoms with Gasteiger partial charge in [0.1, 0.15) is 5.69 Å². The van der Waals surface area contributed by atoms with Crippen LogP contribution in [-0.4, -0.2) is 35.3 Å². The van der Waals surface area contributed by atoms with Gasteiger partial charge >= 0.3 is 0 Å². The molecule has 0 spiro atoms. The number of aryl methyl sites for hydroxylation is 1. The first kappa shape index (κ1) is 12.2. The number of nitrogens with two attached hydrogens (primary N) is 1. The van der Waals surface area contributed by atoms with E-state index in [4.69, 9.17) is 10.5 Å². The summed E-state index contributed by atoms with van der Waals surface area (Å²) in [6.07, 6.45) is 2.96. The Morgan fingerprint density at radius 2 is 2.44 bits per heavy atom. The van der Waals surface area contributed by atoms with E-state index < -0.39 is 0 Å². The number of aromatic nitrogens is 1. The van der Waals surface area contributed by atoms with Crippen molar-refractivity contribution in [3.8, 4) is 0 Å². The van der Waals surface area contributed by atoms with Gasteiger partial charge in [0, 0.05) is 36.3 Å². The summed E-state index contributed by atoms with van der Waals surface area (Å²) in [6, 6.07) is 1.76. The number of hydrogen-bond donors (Lipinski definition) is 2. The number of fused-ring (bicyclic) bond motifs is 1. The highest BCUT2D eigenvalue weighted by Crippen LogP contribution is 2.37. The molecule has 1 amide bonds. The topological polar surface area (TPSA) is 69.3 Å². The van der Waals surface area contributed by atoms with E-state index in [0.29, 0.717) is 11.6 Å². The van der Waals surface area contributed by atoms with Crippen molar-refractivity contribution in [2.75, 3.05) is 6.61 Å². The minimum absolute atomic E-state index is 0.0187. The summed E-state index contributed by atoms with van der Waals surface area (Å²) in [7, 11) is 1.84. The lowest BCUT2D eigenvalue weighted by Crippen LogP contribution is -2.69. The van der Waals surface area contributed by atoms with Gasteiger partial charge in [0.15, 0.2) is 0 Å². The molecule has 1 saturated heterocycles. The van der Waals surface area contributed by atoms with Gasteiger partial charge in [0.2, 0.25) is 0 Å². The molecule has 1 saturated carbocycles. The summed E-state index contributed by atoms with van der Waals surface area (Å²) in [4.78, 5) is 12.2. The highest BCUT2D eigenvalue weighted by Gasteiger charge is 2.52. The van der Waals surface area contributed by atoms with E-state index in [1.165, 1.54) is 0 Å². The zero-order valence-electron chi connectivity index (χ0n) is 10.1. The van der Waals surface area contributed by atoms with Crippen molar-refractivity contribution in [3.05, 3.63) is 22.4 Å². The molecule has 1 aliphatic heterocycles. The quantitative estimate of drug-likeness (QED) is 0.841. The molecule has 4 unspecified atom stereocenters. The second kappa shape index (κ2) is 4.36. The van der Waals surface area contributed by atoms with Crippen LogP contribution in [0.1, 0.15) is 16.9 Å². The van der Waals surface area contributed by atoms with E-state index in [0.717, 1.165) is 17.5 Å². The third-order valence-electron chi connectivity index (χ3n) is 3.95. The van der Waals surface area contributed by atoms with Crippen LogP contribution in [0.4, 0.5) is 0 Å². The lowest BCUT2D eigenvalue weighted by molar-refractivity contribution is -0.0162. The van der Waals surface area contributed by atoms with Crippen LogP contribution in [0.25, 0.3) is 0 Å². The molecule has 4 atom stereocenters. The number of carbonyl (C=O) groups excluding carboxylic acids is 1. The largest absolute Gasteiger partial charge is 0.376 e. The maximum atomic E-state index is 12.2. The molecule has 5 nitrogen and oxygen atoms in total. The van der Waals surface area contributed by atoms with Crippen molar-refractivity contribution in [3.63, 3.8) is 0 Å². The van der Waals surface area contributed by atoms with Crippen LogP contribution < -0.4 is 11.1 Å². The van der Waals surface area contributed by atoms with Gasteiger partial charge in [-0.3, -0.25) is 4.79 Å². The summed E-state index contributed by atoms with van der Waals surface area (Å²) in [5.74, 6) is 0.313. The number of nitrogens with zero attached hydrogens (tertiary/aromatic N) is 1. The molecular formula is C12H16BrN3O2. The summed E-state index contributed by atoms with van der Waals surface area (Å²) >= 11 is 3.36. The zero-order chi connectivity index (χ0) is 12.9. The minimum atomic E-state index is -0.0994. The molecule has 0 bridgehead atoms. The molecule has 1 aromatic rings. The van der Waals surface area contributed by atoms with Gasteiger partial charge in [-0.2, -0.15) is 0 Å². The third kappa shape index (κ3) is 1.79. The van der Waals surface area contributed by atoms with E-state index in [9.17, 15) is 4.79 Å². The van der Waals surface area contributed by atoms with Crippen LogP contribution in [0.15, 0.2) is 16.7 Å².